The number of amides is 1. The minimum absolute atomic E-state index is 0.0169. The van der Waals surface area contributed by atoms with Crippen molar-refractivity contribution >= 4 is 12.1 Å². The zero-order valence-electron chi connectivity index (χ0n) is 18.8. The standard InChI is InChI=1S/C25H29NO7/c1-18(2)33-23(24(27)28)12-20-9-6-10-21(11-20)14-26(13-19-7-4-3-5-8-19)25(29)31-16-22-15-30-17-32-22/h3-11,15,18,23H,12-14,16-17H2,1-2H3,(H,27,28)/t23-/m0/s1. The van der Waals surface area contributed by atoms with Gasteiger partial charge in [0.25, 0.3) is 0 Å². The van der Waals surface area contributed by atoms with Crippen LogP contribution >= 0.6 is 0 Å². The van der Waals surface area contributed by atoms with Crippen LogP contribution in [-0.4, -0.2) is 47.7 Å². The number of aliphatic carboxylic acids is 1. The summed E-state index contributed by atoms with van der Waals surface area (Å²) in [5.74, 6) is -0.550. The van der Waals surface area contributed by atoms with E-state index in [0.717, 1.165) is 16.7 Å². The molecule has 1 aliphatic rings. The number of carbonyl (C=O) groups is 2. The number of ether oxygens (including phenoxy) is 4. The van der Waals surface area contributed by atoms with Gasteiger partial charge in [-0.1, -0.05) is 54.6 Å². The van der Waals surface area contributed by atoms with Crippen molar-refractivity contribution in [1.29, 1.82) is 0 Å². The maximum atomic E-state index is 12.9. The molecule has 0 bridgehead atoms. The fraction of sp³-hybridized carbons (Fsp3) is 0.360. The molecule has 0 spiro atoms. The van der Waals surface area contributed by atoms with Gasteiger partial charge in [-0.05, 0) is 30.5 Å². The van der Waals surface area contributed by atoms with E-state index < -0.39 is 18.2 Å². The zero-order valence-corrected chi connectivity index (χ0v) is 18.8. The molecule has 1 heterocycles. The van der Waals surface area contributed by atoms with Crippen molar-refractivity contribution in [3.8, 4) is 0 Å². The molecule has 1 N–H and O–H groups in total. The van der Waals surface area contributed by atoms with E-state index in [-0.39, 0.29) is 25.9 Å². The molecule has 2 aromatic rings. The molecule has 0 aliphatic carbocycles. The van der Waals surface area contributed by atoms with E-state index >= 15 is 0 Å². The van der Waals surface area contributed by atoms with Gasteiger partial charge in [-0.25, -0.2) is 9.59 Å². The number of nitrogens with zero attached hydrogens (tertiary/aromatic N) is 1. The molecule has 2 aromatic carbocycles. The molecule has 8 nitrogen and oxygen atoms in total. The number of hydrogen-bond donors (Lipinski definition) is 1. The van der Waals surface area contributed by atoms with Crippen LogP contribution in [0.15, 0.2) is 66.6 Å². The Bertz CT molecular complexity index is 958. The lowest BCUT2D eigenvalue weighted by Crippen LogP contribution is -2.31. The molecule has 8 heteroatoms. The summed E-state index contributed by atoms with van der Waals surface area (Å²) in [6.07, 6.45) is 0.0290. The third-order valence-corrected chi connectivity index (χ3v) is 4.84. The highest BCUT2D eigenvalue weighted by Crippen LogP contribution is 2.16. The summed E-state index contributed by atoms with van der Waals surface area (Å²) in [6, 6.07) is 17.1. The number of hydrogen-bond acceptors (Lipinski definition) is 6. The fourth-order valence-electron chi connectivity index (χ4n) is 3.37. The summed E-state index contributed by atoms with van der Waals surface area (Å²) in [5, 5.41) is 9.47. The van der Waals surface area contributed by atoms with Gasteiger partial charge >= 0.3 is 12.1 Å². The molecule has 3 rings (SSSR count). The number of carboxylic acid groups (broad SMARTS) is 1. The fourth-order valence-corrected chi connectivity index (χ4v) is 3.37. The van der Waals surface area contributed by atoms with E-state index in [1.165, 1.54) is 6.26 Å². The zero-order chi connectivity index (χ0) is 23.6. The smallest absolute Gasteiger partial charge is 0.410 e. The van der Waals surface area contributed by atoms with Crippen molar-refractivity contribution in [2.24, 2.45) is 0 Å². The molecule has 1 aliphatic heterocycles. The predicted molar refractivity (Wildman–Crippen MR) is 120 cm³/mol. The maximum absolute atomic E-state index is 12.9. The van der Waals surface area contributed by atoms with Crippen molar-refractivity contribution in [1.82, 2.24) is 4.90 Å². The van der Waals surface area contributed by atoms with Crippen LogP contribution in [0.5, 0.6) is 0 Å². The molecule has 1 atom stereocenters. The average molecular weight is 456 g/mol. The van der Waals surface area contributed by atoms with E-state index in [1.807, 2.05) is 54.6 Å². The van der Waals surface area contributed by atoms with Crippen molar-refractivity contribution in [2.45, 2.75) is 45.6 Å². The minimum Gasteiger partial charge on any atom is -0.479 e. The number of rotatable bonds is 11. The van der Waals surface area contributed by atoms with Crippen LogP contribution in [0.4, 0.5) is 4.79 Å². The Morgan fingerprint density at radius 2 is 1.73 bits per heavy atom. The molecule has 176 valence electrons. The van der Waals surface area contributed by atoms with E-state index in [0.29, 0.717) is 18.8 Å². The first-order valence-corrected chi connectivity index (χ1v) is 10.8. The monoisotopic (exact) mass is 455 g/mol. The summed E-state index contributed by atoms with van der Waals surface area (Å²) in [5.41, 5.74) is 2.63. The van der Waals surface area contributed by atoms with Gasteiger partial charge in [0.05, 0.1) is 6.10 Å². The summed E-state index contributed by atoms with van der Waals surface area (Å²) in [6.45, 7) is 4.36. The summed E-state index contributed by atoms with van der Waals surface area (Å²) in [4.78, 5) is 26.0. The largest absolute Gasteiger partial charge is 0.479 e. The highest BCUT2D eigenvalue weighted by Gasteiger charge is 2.21. The Morgan fingerprint density at radius 3 is 2.39 bits per heavy atom. The molecule has 33 heavy (non-hydrogen) atoms. The van der Waals surface area contributed by atoms with Crippen molar-refractivity contribution < 1.29 is 33.6 Å². The van der Waals surface area contributed by atoms with Crippen LogP contribution in [0.3, 0.4) is 0 Å². The third kappa shape index (κ3) is 7.84. The van der Waals surface area contributed by atoms with Crippen molar-refractivity contribution in [3.05, 3.63) is 83.3 Å². The van der Waals surface area contributed by atoms with Gasteiger partial charge in [-0.2, -0.15) is 0 Å². The lowest BCUT2D eigenvalue weighted by molar-refractivity contribution is -0.153. The molecule has 0 saturated carbocycles. The molecule has 1 amide bonds. The van der Waals surface area contributed by atoms with Crippen LogP contribution in [-0.2, 0) is 43.3 Å². The van der Waals surface area contributed by atoms with Crippen LogP contribution in [0.1, 0.15) is 30.5 Å². The highest BCUT2D eigenvalue weighted by molar-refractivity contribution is 5.72. The molecule has 0 unspecified atom stereocenters. The van der Waals surface area contributed by atoms with Gasteiger partial charge in [-0.3, -0.25) is 4.90 Å². The minimum atomic E-state index is -1.00. The van der Waals surface area contributed by atoms with Crippen LogP contribution in [0.2, 0.25) is 0 Å². The predicted octanol–water partition coefficient (Wildman–Crippen LogP) is 4.09. The summed E-state index contributed by atoms with van der Waals surface area (Å²) >= 11 is 0. The first-order valence-electron chi connectivity index (χ1n) is 10.8. The quantitative estimate of drug-likeness (QED) is 0.545. The lowest BCUT2D eigenvalue weighted by atomic mass is 10.0. The first kappa shape index (κ1) is 24.1. The van der Waals surface area contributed by atoms with Gasteiger partial charge < -0.3 is 24.1 Å². The second kappa shape index (κ2) is 11.9. The van der Waals surface area contributed by atoms with E-state index in [4.69, 9.17) is 18.9 Å². The van der Waals surface area contributed by atoms with Crippen LogP contribution in [0.25, 0.3) is 0 Å². The van der Waals surface area contributed by atoms with Crippen LogP contribution in [0, 0.1) is 0 Å². The number of benzene rings is 2. The topological polar surface area (TPSA) is 94.5 Å². The molecule has 0 saturated heterocycles. The Morgan fingerprint density at radius 1 is 1.03 bits per heavy atom. The second-order valence-electron chi connectivity index (χ2n) is 7.95. The first-order chi connectivity index (χ1) is 15.9. The Balaban J connectivity index is 1.72. The number of carbonyl (C=O) groups excluding carboxylic acids is 1. The molecule has 0 aromatic heterocycles. The summed E-state index contributed by atoms with van der Waals surface area (Å²) in [7, 11) is 0. The second-order valence-corrected chi connectivity index (χ2v) is 7.95. The molecular formula is C25H29NO7. The maximum Gasteiger partial charge on any atom is 0.410 e. The molecular weight excluding hydrogens is 426 g/mol. The third-order valence-electron chi connectivity index (χ3n) is 4.84. The Kier molecular flexibility index (Phi) is 8.71. The Labute approximate surface area is 193 Å². The number of carboxylic acids is 1. The van der Waals surface area contributed by atoms with Gasteiger partial charge in [0.15, 0.2) is 18.5 Å². The van der Waals surface area contributed by atoms with E-state index in [9.17, 15) is 14.7 Å². The molecule has 0 radical (unpaired) electrons. The van der Waals surface area contributed by atoms with Gasteiger partial charge in [0, 0.05) is 19.5 Å². The Hall–Kier alpha value is -3.52. The normalized spacial score (nSPS) is 13.6. The SMILES string of the molecule is CC(C)O[C@@H](Cc1cccc(CN(Cc2ccccc2)C(=O)OCC2=COCO2)c1)C(=O)O. The van der Waals surface area contributed by atoms with Crippen molar-refractivity contribution in [2.75, 3.05) is 13.4 Å². The van der Waals surface area contributed by atoms with Crippen LogP contribution < -0.4 is 0 Å². The lowest BCUT2D eigenvalue weighted by Gasteiger charge is -2.23. The average Bonchev–Trinajstić information content (AvgIpc) is 3.31. The van der Waals surface area contributed by atoms with Gasteiger partial charge in [0.2, 0.25) is 6.79 Å². The highest BCUT2D eigenvalue weighted by atomic mass is 16.7. The summed E-state index contributed by atoms with van der Waals surface area (Å²) < 4.78 is 21.1. The van der Waals surface area contributed by atoms with E-state index in [1.54, 1.807) is 18.7 Å². The van der Waals surface area contributed by atoms with Gasteiger partial charge in [-0.15, -0.1) is 0 Å². The van der Waals surface area contributed by atoms with Crippen molar-refractivity contribution in [3.63, 3.8) is 0 Å². The molecule has 0 fully saturated rings. The van der Waals surface area contributed by atoms with E-state index in [2.05, 4.69) is 0 Å². The van der Waals surface area contributed by atoms with Gasteiger partial charge in [0.1, 0.15) is 6.26 Å².